The van der Waals surface area contributed by atoms with Gasteiger partial charge in [0.1, 0.15) is 5.75 Å². The maximum atomic E-state index is 12.7. The van der Waals surface area contributed by atoms with Gasteiger partial charge in [0.15, 0.2) is 6.61 Å². The van der Waals surface area contributed by atoms with E-state index in [2.05, 4.69) is 43.9 Å². The third-order valence-electron chi connectivity index (χ3n) is 5.36. The molecule has 1 aliphatic heterocycles. The van der Waals surface area contributed by atoms with E-state index >= 15 is 0 Å². The molecule has 150 valence electrons. The minimum absolute atomic E-state index is 0.0743. The van der Waals surface area contributed by atoms with Crippen molar-refractivity contribution in [2.24, 2.45) is 0 Å². The Balaban J connectivity index is 1.58. The molecule has 1 saturated heterocycles. The molecule has 1 aliphatic rings. The van der Waals surface area contributed by atoms with Crippen LogP contribution in [0.15, 0.2) is 54.6 Å². The highest BCUT2D eigenvalue weighted by molar-refractivity contribution is 5.77. The van der Waals surface area contributed by atoms with Crippen molar-refractivity contribution < 1.29 is 9.53 Å². The van der Waals surface area contributed by atoms with Gasteiger partial charge >= 0.3 is 0 Å². The highest BCUT2D eigenvalue weighted by Crippen LogP contribution is 2.22. The second-order valence-electron chi connectivity index (χ2n) is 8.45. The zero-order valence-electron chi connectivity index (χ0n) is 17.4. The molecule has 0 aliphatic carbocycles. The fraction of sp³-hybridized carbons (Fsp3) is 0.458. The highest BCUT2D eigenvalue weighted by Gasteiger charge is 2.26. The Hall–Kier alpha value is -2.33. The van der Waals surface area contributed by atoms with Gasteiger partial charge in [0, 0.05) is 38.1 Å². The second kappa shape index (κ2) is 9.24. The third kappa shape index (κ3) is 5.59. The van der Waals surface area contributed by atoms with Gasteiger partial charge in [0.2, 0.25) is 0 Å². The van der Waals surface area contributed by atoms with Crippen LogP contribution in [0.1, 0.15) is 38.3 Å². The number of hydrogen-bond acceptors (Lipinski definition) is 3. The molecule has 0 bridgehead atoms. The number of nitrogens with zero attached hydrogens (tertiary/aromatic N) is 2. The van der Waals surface area contributed by atoms with Gasteiger partial charge in [0.05, 0.1) is 0 Å². The minimum atomic E-state index is 0.0743. The molecule has 0 saturated carbocycles. The van der Waals surface area contributed by atoms with Crippen LogP contribution in [0.5, 0.6) is 5.75 Å². The number of amides is 1. The number of carbonyl (C=O) groups excluding carboxylic acids is 1. The summed E-state index contributed by atoms with van der Waals surface area (Å²) in [5, 5.41) is 0. The average molecular weight is 381 g/mol. The average Bonchev–Trinajstić information content (AvgIpc) is 2.94. The van der Waals surface area contributed by atoms with Crippen molar-refractivity contribution in [2.45, 2.75) is 39.2 Å². The first-order valence-corrected chi connectivity index (χ1v) is 10.2. The summed E-state index contributed by atoms with van der Waals surface area (Å²) in [6, 6.07) is 18.3. The first kappa shape index (κ1) is 20.4. The van der Waals surface area contributed by atoms with Crippen LogP contribution in [0.3, 0.4) is 0 Å². The standard InChI is InChI=1S/C24H32N2O2/c1-24(2,3)26-15-9-14-25(16-17-26)23(27)19-28-22-13-8-7-12-21(22)18-20-10-5-4-6-11-20/h4-8,10-13H,9,14-19H2,1-3H3. The highest BCUT2D eigenvalue weighted by atomic mass is 16.5. The summed E-state index contributed by atoms with van der Waals surface area (Å²) in [6.45, 7) is 10.3. The second-order valence-corrected chi connectivity index (χ2v) is 8.45. The molecular formula is C24H32N2O2. The van der Waals surface area contributed by atoms with Crippen LogP contribution in [0.2, 0.25) is 0 Å². The number of carbonyl (C=O) groups is 1. The topological polar surface area (TPSA) is 32.8 Å². The predicted octanol–water partition coefficient (Wildman–Crippen LogP) is 3.99. The lowest BCUT2D eigenvalue weighted by Crippen LogP contribution is -2.44. The van der Waals surface area contributed by atoms with Gasteiger partial charge in [0.25, 0.3) is 5.91 Å². The Bertz CT molecular complexity index is 768. The maximum absolute atomic E-state index is 12.7. The summed E-state index contributed by atoms with van der Waals surface area (Å²) in [5.74, 6) is 0.871. The third-order valence-corrected chi connectivity index (χ3v) is 5.36. The van der Waals surface area contributed by atoms with Crippen molar-refractivity contribution in [3.63, 3.8) is 0 Å². The summed E-state index contributed by atoms with van der Waals surface area (Å²) >= 11 is 0. The normalized spacial score (nSPS) is 15.9. The van der Waals surface area contributed by atoms with Gasteiger partial charge in [-0.25, -0.2) is 0 Å². The van der Waals surface area contributed by atoms with Gasteiger partial charge in [-0.3, -0.25) is 9.69 Å². The van der Waals surface area contributed by atoms with Crippen molar-refractivity contribution in [1.29, 1.82) is 0 Å². The van der Waals surface area contributed by atoms with E-state index in [0.717, 1.165) is 50.3 Å². The zero-order valence-corrected chi connectivity index (χ0v) is 17.4. The Kier molecular flexibility index (Phi) is 6.74. The molecule has 1 heterocycles. The summed E-state index contributed by atoms with van der Waals surface area (Å²) in [5.41, 5.74) is 2.49. The van der Waals surface area contributed by atoms with Crippen molar-refractivity contribution in [1.82, 2.24) is 9.80 Å². The molecule has 0 aromatic heterocycles. The summed E-state index contributed by atoms with van der Waals surface area (Å²) in [6.07, 6.45) is 1.81. The fourth-order valence-corrected chi connectivity index (χ4v) is 3.67. The van der Waals surface area contributed by atoms with Gasteiger partial charge < -0.3 is 9.64 Å². The maximum Gasteiger partial charge on any atom is 0.260 e. The van der Waals surface area contributed by atoms with Crippen molar-refractivity contribution in [3.8, 4) is 5.75 Å². The van der Waals surface area contributed by atoms with E-state index in [4.69, 9.17) is 4.74 Å². The van der Waals surface area contributed by atoms with Crippen LogP contribution in [0.25, 0.3) is 0 Å². The molecule has 0 spiro atoms. The zero-order chi connectivity index (χ0) is 20.0. The molecular weight excluding hydrogens is 348 g/mol. The summed E-state index contributed by atoms with van der Waals surface area (Å²) in [4.78, 5) is 17.1. The minimum Gasteiger partial charge on any atom is -0.483 e. The molecule has 1 amide bonds. The molecule has 0 unspecified atom stereocenters. The number of rotatable bonds is 5. The Morgan fingerprint density at radius 3 is 2.39 bits per heavy atom. The van der Waals surface area contributed by atoms with E-state index < -0.39 is 0 Å². The number of benzene rings is 2. The van der Waals surface area contributed by atoms with E-state index in [-0.39, 0.29) is 18.1 Å². The summed E-state index contributed by atoms with van der Waals surface area (Å²) in [7, 11) is 0. The molecule has 2 aromatic carbocycles. The lowest BCUT2D eigenvalue weighted by Gasteiger charge is -2.34. The van der Waals surface area contributed by atoms with Gasteiger partial charge in [-0.1, -0.05) is 48.5 Å². The van der Waals surface area contributed by atoms with Crippen LogP contribution in [-0.2, 0) is 11.2 Å². The van der Waals surface area contributed by atoms with E-state index in [9.17, 15) is 4.79 Å². The largest absolute Gasteiger partial charge is 0.483 e. The molecule has 4 heteroatoms. The molecule has 1 fully saturated rings. The molecule has 3 rings (SSSR count). The van der Waals surface area contributed by atoms with E-state index in [0.29, 0.717) is 0 Å². The summed E-state index contributed by atoms with van der Waals surface area (Å²) < 4.78 is 5.95. The fourth-order valence-electron chi connectivity index (χ4n) is 3.67. The number of ether oxygens (including phenoxy) is 1. The Morgan fingerprint density at radius 2 is 1.64 bits per heavy atom. The quantitative estimate of drug-likeness (QED) is 0.786. The SMILES string of the molecule is CC(C)(C)N1CCCN(C(=O)COc2ccccc2Cc2ccccc2)CC1. The Labute approximate surface area is 169 Å². The van der Waals surface area contributed by atoms with Gasteiger partial charge in [-0.15, -0.1) is 0 Å². The van der Waals surface area contributed by atoms with Crippen LogP contribution >= 0.6 is 0 Å². The van der Waals surface area contributed by atoms with Crippen molar-refractivity contribution in [3.05, 3.63) is 65.7 Å². The van der Waals surface area contributed by atoms with E-state index in [1.807, 2.05) is 41.3 Å². The van der Waals surface area contributed by atoms with Crippen molar-refractivity contribution >= 4 is 5.91 Å². The molecule has 0 radical (unpaired) electrons. The molecule has 2 aromatic rings. The molecule has 0 atom stereocenters. The first-order valence-electron chi connectivity index (χ1n) is 10.2. The lowest BCUT2D eigenvalue weighted by atomic mass is 10.0. The number of hydrogen-bond donors (Lipinski definition) is 0. The Morgan fingerprint density at radius 1 is 0.929 bits per heavy atom. The molecule has 0 N–H and O–H groups in total. The van der Waals surface area contributed by atoms with Crippen molar-refractivity contribution in [2.75, 3.05) is 32.8 Å². The van der Waals surface area contributed by atoms with Crippen LogP contribution in [0, 0.1) is 0 Å². The molecule has 4 nitrogen and oxygen atoms in total. The number of para-hydroxylation sites is 1. The van der Waals surface area contributed by atoms with Crippen LogP contribution in [0.4, 0.5) is 0 Å². The van der Waals surface area contributed by atoms with E-state index in [1.165, 1.54) is 5.56 Å². The van der Waals surface area contributed by atoms with Gasteiger partial charge in [-0.05, 0) is 44.4 Å². The molecule has 28 heavy (non-hydrogen) atoms. The smallest absolute Gasteiger partial charge is 0.260 e. The van der Waals surface area contributed by atoms with E-state index in [1.54, 1.807) is 0 Å². The van der Waals surface area contributed by atoms with Crippen LogP contribution < -0.4 is 4.74 Å². The predicted molar refractivity (Wildman–Crippen MR) is 114 cm³/mol. The monoisotopic (exact) mass is 380 g/mol. The lowest BCUT2D eigenvalue weighted by molar-refractivity contribution is -0.133. The van der Waals surface area contributed by atoms with Gasteiger partial charge in [-0.2, -0.15) is 0 Å². The van der Waals surface area contributed by atoms with Crippen LogP contribution in [-0.4, -0.2) is 54.0 Å². The first-order chi connectivity index (χ1) is 13.4.